The standard InChI is InChI=1S/C50H41NS/c1-3-11-46(49-33(2)50(32-34-18-24-39(50)30-34)45-16-9-7-15-44(45)49)51(40-25-19-36(20-26-40)35-12-5-4-6-13-35)41-27-21-37(22-28-41)38-23-29-43-42-14-8-10-17-47(42)52-48(43)31-38/h3-17,19-23,25-29,31,34,39H,2,18,24,30,32H2,1H3/b11-3-,49-46-/t34-,39+,50+/m0/s1. The SMILES string of the molecule is C=C1/C(=C(\C=C/C)N(c2ccc(-c3ccccc3)cc2)c2ccc(-c3ccc4c(c3)sc3ccccc34)cc2)c2ccccc2[C@]12C[C@H]1CC[C@@H]2C1. The molecule has 0 unspecified atom stereocenters. The number of hydrogen-bond donors (Lipinski definition) is 0. The number of thiophene rings is 1. The molecule has 2 heteroatoms. The summed E-state index contributed by atoms with van der Waals surface area (Å²) in [5.74, 6) is 1.48. The molecule has 6 aromatic carbocycles. The molecule has 1 nitrogen and oxygen atoms in total. The highest BCUT2D eigenvalue weighted by Crippen LogP contribution is 2.66. The zero-order valence-electron chi connectivity index (χ0n) is 29.6. The lowest BCUT2D eigenvalue weighted by molar-refractivity contribution is 0.327. The number of anilines is 2. The van der Waals surface area contributed by atoms with Gasteiger partial charge in [0.15, 0.2) is 0 Å². The molecule has 7 aromatic rings. The topological polar surface area (TPSA) is 3.24 Å². The van der Waals surface area contributed by atoms with Gasteiger partial charge in [-0.25, -0.2) is 0 Å². The molecule has 1 heterocycles. The van der Waals surface area contributed by atoms with Gasteiger partial charge in [0.2, 0.25) is 0 Å². The summed E-state index contributed by atoms with van der Waals surface area (Å²) in [6.07, 6.45) is 9.75. The van der Waals surface area contributed by atoms with Crippen molar-refractivity contribution in [2.24, 2.45) is 11.8 Å². The Kier molecular flexibility index (Phi) is 7.44. The third-order valence-corrected chi connectivity index (χ3v) is 13.4. The molecule has 2 saturated carbocycles. The molecule has 2 fully saturated rings. The van der Waals surface area contributed by atoms with Crippen LogP contribution in [0, 0.1) is 11.8 Å². The van der Waals surface area contributed by atoms with Crippen LogP contribution in [0.15, 0.2) is 176 Å². The Bertz CT molecular complexity index is 2550. The second-order valence-corrected chi connectivity index (χ2v) is 16.0. The number of allylic oxidation sites excluding steroid dienone is 4. The van der Waals surface area contributed by atoms with Crippen molar-refractivity contribution < 1.29 is 0 Å². The van der Waals surface area contributed by atoms with Gasteiger partial charge in [0.25, 0.3) is 0 Å². The fourth-order valence-corrected chi connectivity index (χ4v) is 11.1. The molecule has 1 spiro atoms. The zero-order valence-corrected chi connectivity index (χ0v) is 30.4. The van der Waals surface area contributed by atoms with E-state index in [-0.39, 0.29) is 5.41 Å². The Morgan fingerprint density at radius 3 is 2.02 bits per heavy atom. The molecule has 0 radical (unpaired) electrons. The van der Waals surface area contributed by atoms with E-state index in [1.807, 2.05) is 11.3 Å². The molecule has 2 bridgehead atoms. The van der Waals surface area contributed by atoms with E-state index in [1.54, 1.807) is 0 Å². The van der Waals surface area contributed by atoms with Crippen molar-refractivity contribution >= 4 is 48.5 Å². The fraction of sp³-hybridized carbons (Fsp3) is 0.160. The van der Waals surface area contributed by atoms with Gasteiger partial charge in [-0.1, -0.05) is 128 Å². The average molecular weight is 688 g/mol. The molecule has 52 heavy (non-hydrogen) atoms. The van der Waals surface area contributed by atoms with Gasteiger partial charge < -0.3 is 4.90 Å². The second-order valence-electron chi connectivity index (χ2n) is 14.9. The molecule has 0 aliphatic heterocycles. The normalized spacial score (nSPS) is 21.5. The highest BCUT2D eigenvalue weighted by atomic mass is 32.1. The van der Waals surface area contributed by atoms with E-state index in [9.17, 15) is 0 Å². The van der Waals surface area contributed by atoms with Crippen LogP contribution in [-0.2, 0) is 5.41 Å². The van der Waals surface area contributed by atoms with Gasteiger partial charge in [-0.15, -0.1) is 11.3 Å². The lowest BCUT2D eigenvalue weighted by Gasteiger charge is -2.37. The smallest absolute Gasteiger partial charge is 0.0539 e. The first kappa shape index (κ1) is 31.3. The van der Waals surface area contributed by atoms with Crippen molar-refractivity contribution in [1.29, 1.82) is 0 Å². The highest BCUT2D eigenvalue weighted by molar-refractivity contribution is 7.25. The van der Waals surface area contributed by atoms with E-state index in [0.717, 1.165) is 17.3 Å². The van der Waals surface area contributed by atoms with Crippen LogP contribution in [0.1, 0.15) is 43.7 Å². The fourth-order valence-electron chi connectivity index (χ4n) is 9.96. The van der Waals surface area contributed by atoms with Gasteiger partial charge in [0, 0.05) is 42.5 Å². The van der Waals surface area contributed by atoms with Crippen molar-refractivity contribution in [1.82, 2.24) is 0 Å². The van der Waals surface area contributed by atoms with Crippen LogP contribution < -0.4 is 4.90 Å². The van der Waals surface area contributed by atoms with Crippen LogP contribution in [0.3, 0.4) is 0 Å². The maximum atomic E-state index is 5.01. The third kappa shape index (κ3) is 4.81. The lowest BCUT2D eigenvalue weighted by Crippen LogP contribution is -2.31. The maximum Gasteiger partial charge on any atom is 0.0539 e. The summed E-state index contributed by atoms with van der Waals surface area (Å²) in [5.41, 5.74) is 13.9. The first-order valence-electron chi connectivity index (χ1n) is 18.8. The highest BCUT2D eigenvalue weighted by Gasteiger charge is 2.58. The molecule has 0 amide bonds. The largest absolute Gasteiger partial charge is 0.310 e. The molecule has 0 saturated heterocycles. The first-order valence-corrected chi connectivity index (χ1v) is 19.6. The van der Waals surface area contributed by atoms with E-state index in [4.69, 9.17) is 6.58 Å². The Hall–Kier alpha value is -5.44. The van der Waals surface area contributed by atoms with Gasteiger partial charge in [-0.2, -0.15) is 0 Å². The minimum atomic E-state index is 0.0413. The Labute approximate surface area is 310 Å². The maximum absolute atomic E-state index is 5.01. The monoisotopic (exact) mass is 687 g/mol. The molecule has 3 aliphatic carbocycles. The van der Waals surface area contributed by atoms with Crippen molar-refractivity contribution in [3.8, 4) is 22.3 Å². The van der Waals surface area contributed by atoms with Crippen LogP contribution in [0.4, 0.5) is 11.4 Å². The average Bonchev–Trinajstić information content (AvgIpc) is 3.97. The van der Waals surface area contributed by atoms with Gasteiger partial charge in [-0.05, 0) is 119 Å². The first-order chi connectivity index (χ1) is 25.6. The predicted molar refractivity (Wildman–Crippen MR) is 223 cm³/mol. The molecular formula is C50H41NS. The van der Waals surface area contributed by atoms with Crippen LogP contribution in [0.2, 0.25) is 0 Å². The Balaban J connectivity index is 1.12. The summed E-state index contributed by atoms with van der Waals surface area (Å²) >= 11 is 1.88. The summed E-state index contributed by atoms with van der Waals surface area (Å²) in [6, 6.07) is 53.8. The Morgan fingerprint density at radius 2 is 1.31 bits per heavy atom. The number of fused-ring (bicyclic) bond motifs is 8. The lowest BCUT2D eigenvalue weighted by atomic mass is 9.67. The summed E-state index contributed by atoms with van der Waals surface area (Å²) in [5, 5.41) is 2.67. The second kappa shape index (κ2) is 12.4. The number of rotatable bonds is 6. The summed E-state index contributed by atoms with van der Waals surface area (Å²) in [4.78, 5) is 2.47. The predicted octanol–water partition coefficient (Wildman–Crippen LogP) is 14.1. The molecule has 10 rings (SSSR count). The van der Waals surface area contributed by atoms with E-state index in [0.29, 0.717) is 5.92 Å². The number of nitrogens with zero attached hydrogens (tertiary/aromatic N) is 1. The van der Waals surface area contributed by atoms with Crippen LogP contribution in [-0.4, -0.2) is 0 Å². The van der Waals surface area contributed by atoms with Gasteiger partial charge in [0.1, 0.15) is 0 Å². The number of benzene rings is 6. The minimum Gasteiger partial charge on any atom is -0.310 e. The van der Waals surface area contributed by atoms with Crippen LogP contribution >= 0.6 is 11.3 Å². The summed E-state index contributed by atoms with van der Waals surface area (Å²) < 4.78 is 2.67. The van der Waals surface area contributed by atoms with Crippen molar-refractivity contribution in [2.45, 2.75) is 38.0 Å². The number of hydrogen-bond acceptors (Lipinski definition) is 2. The van der Waals surface area contributed by atoms with E-state index in [1.165, 1.54) is 96.1 Å². The van der Waals surface area contributed by atoms with Crippen LogP contribution in [0.5, 0.6) is 0 Å². The van der Waals surface area contributed by atoms with Crippen molar-refractivity contribution in [3.63, 3.8) is 0 Å². The zero-order chi connectivity index (χ0) is 34.8. The van der Waals surface area contributed by atoms with E-state index >= 15 is 0 Å². The van der Waals surface area contributed by atoms with Gasteiger partial charge >= 0.3 is 0 Å². The van der Waals surface area contributed by atoms with E-state index in [2.05, 4.69) is 170 Å². The van der Waals surface area contributed by atoms with Crippen molar-refractivity contribution in [3.05, 3.63) is 187 Å². The molecule has 252 valence electrons. The van der Waals surface area contributed by atoms with E-state index < -0.39 is 0 Å². The molecule has 3 aliphatic rings. The quantitative estimate of drug-likeness (QED) is 0.168. The molecular weight excluding hydrogens is 647 g/mol. The molecule has 3 atom stereocenters. The summed E-state index contributed by atoms with van der Waals surface area (Å²) in [6.45, 7) is 7.15. The van der Waals surface area contributed by atoms with Crippen molar-refractivity contribution in [2.75, 3.05) is 4.90 Å². The third-order valence-electron chi connectivity index (χ3n) is 12.3. The van der Waals surface area contributed by atoms with Gasteiger partial charge in [-0.3, -0.25) is 0 Å². The molecule has 1 aromatic heterocycles. The van der Waals surface area contributed by atoms with Gasteiger partial charge in [0.05, 0.1) is 5.70 Å². The minimum absolute atomic E-state index is 0.0413. The molecule has 0 N–H and O–H groups in total. The Morgan fingerprint density at radius 1 is 0.673 bits per heavy atom. The summed E-state index contributed by atoms with van der Waals surface area (Å²) in [7, 11) is 0. The van der Waals surface area contributed by atoms with Crippen LogP contribution in [0.25, 0.3) is 48.0 Å².